The van der Waals surface area contributed by atoms with Gasteiger partial charge in [0.05, 0.1) is 25.9 Å². The smallest absolute Gasteiger partial charge is 0.335 e. The number of carboxylic acids is 1. The molecule has 0 bridgehead atoms. The van der Waals surface area contributed by atoms with E-state index in [0.717, 1.165) is 32.8 Å². The van der Waals surface area contributed by atoms with Crippen LogP contribution in [0.25, 0.3) is 0 Å². The number of hydrogen-bond acceptors (Lipinski definition) is 5. The van der Waals surface area contributed by atoms with Gasteiger partial charge in [-0.3, -0.25) is 4.90 Å². The Kier molecular flexibility index (Phi) is 5.20. The van der Waals surface area contributed by atoms with Crippen LogP contribution in [0.4, 0.5) is 0 Å². The van der Waals surface area contributed by atoms with Crippen molar-refractivity contribution < 1.29 is 24.1 Å². The first-order chi connectivity index (χ1) is 9.70. The van der Waals surface area contributed by atoms with E-state index in [-0.39, 0.29) is 5.56 Å². The minimum atomic E-state index is -0.981. The molecule has 0 saturated carbocycles. The number of rotatable bonds is 6. The quantitative estimate of drug-likeness (QED) is 0.842. The molecule has 2 rings (SSSR count). The van der Waals surface area contributed by atoms with Crippen molar-refractivity contribution in [1.82, 2.24) is 4.90 Å². The molecule has 0 amide bonds. The minimum Gasteiger partial charge on any atom is -0.493 e. The van der Waals surface area contributed by atoms with Gasteiger partial charge >= 0.3 is 5.97 Å². The summed E-state index contributed by atoms with van der Waals surface area (Å²) in [5, 5.41) is 8.98. The van der Waals surface area contributed by atoms with Crippen molar-refractivity contribution >= 4 is 5.97 Å². The lowest BCUT2D eigenvalue weighted by atomic mass is 10.2. The molecule has 20 heavy (non-hydrogen) atoms. The molecule has 1 aromatic rings. The van der Waals surface area contributed by atoms with E-state index < -0.39 is 5.97 Å². The zero-order chi connectivity index (χ0) is 14.4. The van der Waals surface area contributed by atoms with Gasteiger partial charge < -0.3 is 19.3 Å². The van der Waals surface area contributed by atoms with Crippen molar-refractivity contribution in [2.45, 2.75) is 0 Å². The maximum atomic E-state index is 11.0. The highest BCUT2D eigenvalue weighted by molar-refractivity contribution is 5.88. The maximum Gasteiger partial charge on any atom is 0.335 e. The molecule has 1 aromatic carbocycles. The normalized spacial score (nSPS) is 15.8. The maximum absolute atomic E-state index is 11.0. The average molecular weight is 281 g/mol. The van der Waals surface area contributed by atoms with Crippen LogP contribution in [-0.2, 0) is 4.74 Å². The Morgan fingerprint density at radius 1 is 1.35 bits per heavy atom. The highest BCUT2D eigenvalue weighted by atomic mass is 16.5. The summed E-state index contributed by atoms with van der Waals surface area (Å²) in [6, 6.07) is 4.59. The van der Waals surface area contributed by atoms with E-state index in [4.69, 9.17) is 19.3 Å². The summed E-state index contributed by atoms with van der Waals surface area (Å²) >= 11 is 0. The number of morpholine rings is 1. The SMILES string of the molecule is COc1ccc(C(=O)O)cc1OCCN1CCOCC1. The van der Waals surface area contributed by atoms with Gasteiger partial charge in [0, 0.05) is 19.6 Å². The number of aromatic carboxylic acids is 1. The number of benzene rings is 1. The van der Waals surface area contributed by atoms with Crippen LogP contribution in [0, 0.1) is 0 Å². The van der Waals surface area contributed by atoms with Crippen LogP contribution in [0.2, 0.25) is 0 Å². The second-order valence-corrected chi connectivity index (χ2v) is 4.47. The van der Waals surface area contributed by atoms with Crippen LogP contribution in [0.3, 0.4) is 0 Å². The molecule has 6 nitrogen and oxygen atoms in total. The van der Waals surface area contributed by atoms with E-state index >= 15 is 0 Å². The van der Waals surface area contributed by atoms with Gasteiger partial charge in [-0.2, -0.15) is 0 Å². The van der Waals surface area contributed by atoms with Gasteiger partial charge in [0.15, 0.2) is 11.5 Å². The fraction of sp³-hybridized carbons (Fsp3) is 0.500. The Morgan fingerprint density at radius 2 is 2.10 bits per heavy atom. The molecule has 0 atom stereocenters. The van der Waals surface area contributed by atoms with Crippen LogP contribution in [0.1, 0.15) is 10.4 Å². The Morgan fingerprint density at radius 3 is 2.75 bits per heavy atom. The lowest BCUT2D eigenvalue weighted by Crippen LogP contribution is -2.38. The highest BCUT2D eigenvalue weighted by Crippen LogP contribution is 2.28. The Balaban J connectivity index is 1.93. The van der Waals surface area contributed by atoms with Gasteiger partial charge in [-0.1, -0.05) is 0 Å². The summed E-state index contributed by atoms with van der Waals surface area (Å²) in [4.78, 5) is 13.2. The molecule has 0 radical (unpaired) electrons. The van der Waals surface area contributed by atoms with Crippen LogP contribution in [-0.4, -0.2) is 62.5 Å². The third kappa shape index (κ3) is 3.85. The lowest BCUT2D eigenvalue weighted by molar-refractivity contribution is 0.0321. The van der Waals surface area contributed by atoms with Crippen molar-refractivity contribution in [2.75, 3.05) is 46.6 Å². The van der Waals surface area contributed by atoms with Crippen molar-refractivity contribution in [1.29, 1.82) is 0 Å². The van der Waals surface area contributed by atoms with E-state index in [1.807, 2.05) is 0 Å². The molecule has 0 aliphatic carbocycles. The first-order valence-electron chi connectivity index (χ1n) is 6.55. The van der Waals surface area contributed by atoms with E-state index in [1.165, 1.54) is 19.2 Å². The van der Waals surface area contributed by atoms with Gasteiger partial charge in [-0.15, -0.1) is 0 Å². The molecule has 0 unspecified atom stereocenters. The molecule has 1 heterocycles. The summed E-state index contributed by atoms with van der Waals surface area (Å²) in [6.07, 6.45) is 0. The van der Waals surface area contributed by atoms with E-state index in [1.54, 1.807) is 6.07 Å². The van der Waals surface area contributed by atoms with Crippen molar-refractivity contribution in [3.8, 4) is 11.5 Å². The summed E-state index contributed by atoms with van der Waals surface area (Å²) in [5.41, 5.74) is 0.187. The Hall–Kier alpha value is -1.79. The summed E-state index contributed by atoms with van der Waals surface area (Å²) < 4.78 is 16.1. The Bertz CT molecular complexity index is 457. The van der Waals surface area contributed by atoms with Crippen LogP contribution < -0.4 is 9.47 Å². The lowest BCUT2D eigenvalue weighted by Gasteiger charge is -2.26. The molecule has 1 aliphatic rings. The number of ether oxygens (including phenoxy) is 3. The number of carbonyl (C=O) groups is 1. The molecular formula is C14H19NO5. The second-order valence-electron chi connectivity index (χ2n) is 4.47. The van der Waals surface area contributed by atoms with Gasteiger partial charge in [-0.25, -0.2) is 4.79 Å². The summed E-state index contributed by atoms with van der Waals surface area (Å²) in [5.74, 6) is 0.0170. The predicted octanol–water partition coefficient (Wildman–Crippen LogP) is 1.10. The second kappa shape index (κ2) is 7.12. The number of hydrogen-bond donors (Lipinski definition) is 1. The van der Waals surface area contributed by atoms with Gasteiger partial charge in [0.1, 0.15) is 6.61 Å². The van der Waals surface area contributed by atoms with Crippen LogP contribution in [0.5, 0.6) is 11.5 Å². The van der Waals surface area contributed by atoms with Crippen LogP contribution >= 0.6 is 0 Å². The molecule has 1 saturated heterocycles. The minimum absolute atomic E-state index is 0.187. The standard InChI is InChI=1S/C14H19NO5/c1-18-12-3-2-11(14(16)17)10-13(12)20-9-6-15-4-7-19-8-5-15/h2-3,10H,4-9H2,1H3,(H,16,17). The fourth-order valence-electron chi connectivity index (χ4n) is 2.03. The van der Waals surface area contributed by atoms with Gasteiger partial charge in [-0.05, 0) is 18.2 Å². The summed E-state index contributed by atoms with van der Waals surface area (Å²) in [6.45, 7) is 4.56. The summed E-state index contributed by atoms with van der Waals surface area (Å²) in [7, 11) is 1.53. The Labute approximate surface area is 117 Å². The molecule has 1 aliphatic heterocycles. The van der Waals surface area contributed by atoms with E-state index in [9.17, 15) is 4.79 Å². The third-order valence-electron chi connectivity index (χ3n) is 3.18. The molecule has 0 spiro atoms. The van der Waals surface area contributed by atoms with E-state index in [0.29, 0.717) is 18.1 Å². The zero-order valence-corrected chi connectivity index (χ0v) is 11.5. The first-order valence-corrected chi connectivity index (χ1v) is 6.55. The van der Waals surface area contributed by atoms with Crippen LogP contribution in [0.15, 0.2) is 18.2 Å². The van der Waals surface area contributed by atoms with Gasteiger partial charge in [0.2, 0.25) is 0 Å². The number of nitrogens with zero attached hydrogens (tertiary/aromatic N) is 1. The molecule has 6 heteroatoms. The third-order valence-corrected chi connectivity index (χ3v) is 3.18. The number of carboxylic acid groups (broad SMARTS) is 1. The first kappa shape index (κ1) is 14.6. The highest BCUT2D eigenvalue weighted by Gasteiger charge is 2.12. The predicted molar refractivity (Wildman–Crippen MR) is 72.7 cm³/mol. The largest absolute Gasteiger partial charge is 0.493 e. The topological polar surface area (TPSA) is 68.2 Å². The monoisotopic (exact) mass is 281 g/mol. The fourth-order valence-corrected chi connectivity index (χ4v) is 2.03. The zero-order valence-electron chi connectivity index (χ0n) is 11.5. The van der Waals surface area contributed by atoms with Gasteiger partial charge in [0.25, 0.3) is 0 Å². The molecule has 110 valence electrons. The van der Waals surface area contributed by atoms with E-state index in [2.05, 4.69) is 4.90 Å². The number of methoxy groups -OCH3 is 1. The molecular weight excluding hydrogens is 262 g/mol. The average Bonchev–Trinajstić information content (AvgIpc) is 2.48. The van der Waals surface area contributed by atoms with Crippen molar-refractivity contribution in [3.63, 3.8) is 0 Å². The molecule has 1 fully saturated rings. The van der Waals surface area contributed by atoms with Crippen molar-refractivity contribution in [2.24, 2.45) is 0 Å². The van der Waals surface area contributed by atoms with Crippen molar-refractivity contribution in [3.05, 3.63) is 23.8 Å². The molecule has 1 N–H and O–H groups in total. The molecule has 0 aromatic heterocycles.